The first-order chi connectivity index (χ1) is 14.7. The molecule has 1 N–H and O–H groups in total. The first kappa shape index (κ1) is 20.4. The standard InChI is InChI=1S/C22H24N4O3S/c1-16-23-22(25-29-16)18-5-7-20(8-6-18)28-15-21(27)24-19-4-2-3-17(13-19)14-26-9-11-30-12-10-26/h2-8,13H,9-12,14-15H2,1H3,(H,24,27). The van der Waals surface area contributed by atoms with Crippen molar-refractivity contribution in [2.24, 2.45) is 0 Å². The predicted molar refractivity (Wildman–Crippen MR) is 118 cm³/mol. The number of ether oxygens (including phenoxy) is 1. The van der Waals surface area contributed by atoms with Crippen molar-refractivity contribution in [3.63, 3.8) is 0 Å². The maximum absolute atomic E-state index is 12.3. The Morgan fingerprint density at radius 2 is 2.00 bits per heavy atom. The summed E-state index contributed by atoms with van der Waals surface area (Å²) in [5.74, 6) is 3.82. The van der Waals surface area contributed by atoms with Crippen LogP contribution in [0.3, 0.4) is 0 Å². The zero-order chi connectivity index (χ0) is 20.8. The van der Waals surface area contributed by atoms with E-state index >= 15 is 0 Å². The molecule has 3 aromatic rings. The van der Waals surface area contributed by atoms with Crippen molar-refractivity contribution in [3.8, 4) is 17.1 Å². The number of benzene rings is 2. The summed E-state index contributed by atoms with van der Waals surface area (Å²) in [5, 5.41) is 6.80. The lowest BCUT2D eigenvalue weighted by Crippen LogP contribution is -2.32. The minimum Gasteiger partial charge on any atom is -0.484 e. The lowest BCUT2D eigenvalue weighted by Gasteiger charge is -2.26. The van der Waals surface area contributed by atoms with Gasteiger partial charge in [-0.3, -0.25) is 9.69 Å². The van der Waals surface area contributed by atoms with Crippen LogP contribution >= 0.6 is 11.8 Å². The Morgan fingerprint density at radius 1 is 1.20 bits per heavy atom. The Bertz CT molecular complexity index is 984. The van der Waals surface area contributed by atoms with Gasteiger partial charge in [-0.25, -0.2) is 0 Å². The van der Waals surface area contributed by atoms with Crippen LogP contribution in [0.15, 0.2) is 53.1 Å². The van der Waals surface area contributed by atoms with Crippen molar-refractivity contribution in [1.29, 1.82) is 0 Å². The fourth-order valence-electron chi connectivity index (χ4n) is 3.23. The monoisotopic (exact) mass is 424 g/mol. The highest BCUT2D eigenvalue weighted by Crippen LogP contribution is 2.20. The number of carbonyl (C=O) groups is 1. The summed E-state index contributed by atoms with van der Waals surface area (Å²) in [6.07, 6.45) is 0. The van der Waals surface area contributed by atoms with Crippen LogP contribution in [-0.4, -0.2) is 52.1 Å². The molecule has 0 spiro atoms. The van der Waals surface area contributed by atoms with Crippen molar-refractivity contribution < 1.29 is 14.1 Å². The molecule has 2 aromatic carbocycles. The van der Waals surface area contributed by atoms with Crippen LogP contribution in [0.1, 0.15) is 11.5 Å². The molecule has 0 radical (unpaired) electrons. The first-order valence-electron chi connectivity index (χ1n) is 9.88. The van der Waals surface area contributed by atoms with Gasteiger partial charge in [0.1, 0.15) is 5.75 Å². The number of aromatic nitrogens is 2. The molecule has 4 rings (SSSR count). The number of nitrogens with zero attached hydrogens (tertiary/aromatic N) is 3. The van der Waals surface area contributed by atoms with Gasteiger partial charge in [-0.2, -0.15) is 16.7 Å². The Morgan fingerprint density at radius 3 is 2.73 bits per heavy atom. The highest BCUT2D eigenvalue weighted by molar-refractivity contribution is 7.99. The van der Waals surface area contributed by atoms with Crippen molar-refractivity contribution >= 4 is 23.4 Å². The maximum atomic E-state index is 12.3. The molecule has 1 aliphatic rings. The normalized spacial score (nSPS) is 14.4. The molecule has 2 heterocycles. The Hall–Kier alpha value is -2.84. The fourth-order valence-corrected chi connectivity index (χ4v) is 4.21. The number of anilines is 1. The summed E-state index contributed by atoms with van der Waals surface area (Å²) >= 11 is 2.00. The molecule has 7 nitrogen and oxygen atoms in total. The van der Waals surface area contributed by atoms with Crippen LogP contribution in [-0.2, 0) is 11.3 Å². The van der Waals surface area contributed by atoms with Crippen LogP contribution in [0.4, 0.5) is 5.69 Å². The molecule has 0 unspecified atom stereocenters. The van der Waals surface area contributed by atoms with Gasteiger partial charge < -0.3 is 14.6 Å². The molecular weight excluding hydrogens is 400 g/mol. The maximum Gasteiger partial charge on any atom is 0.262 e. The zero-order valence-corrected chi connectivity index (χ0v) is 17.7. The number of thioether (sulfide) groups is 1. The van der Waals surface area contributed by atoms with Crippen LogP contribution in [0.2, 0.25) is 0 Å². The van der Waals surface area contributed by atoms with E-state index in [0.717, 1.165) is 30.9 Å². The minimum absolute atomic E-state index is 0.0613. The van der Waals surface area contributed by atoms with E-state index in [2.05, 4.69) is 26.4 Å². The number of aryl methyl sites for hydroxylation is 1. The lowest BCUT2D eigenvalue weighted by molar-refractivity contribution is -0.118. The molecule has 8 heteroatoms. The van der Waals surface area contributed by atoms with Gasteiger partial charge in [-0.1, -0.05) is 17.3 Å². The average molecular weight is 425 g/mol. The second-order valence-electron chi connectivity index (χ2n) is 7.09. The second kappa shape index (κ2) is 9.77. The lowest BCUT2D eigenvalue weighted by atomic mass is 10.2. The smallest absolute Gasteiger partial charge is 0.262 e. The largest absolute Gasteiger partial charge is 0.484 e. The van der Waals surface area contributed by atoms with Gasteiger partial charge in [0.05, 0.1) is 0 Å². The molecular formula is C22H24N4O3S. The third kappa shape index (κ3) is 5.61. The van der Waals surface area contributed by atoms with E-state index in [1.807, 2.05) is 42.1 Å². The van der Waals surface area contributed by atoms with Crippen LogP contribution < -0.4 is 10.1 Å². The minimum atomic E-state index is -0.195. The fraction of sp³-hybridized carbons (Fsp3) is 0.318. The van der Waals surface area contributed by atoms with Gasteiger partial charge >= 0.3 is 0 Å². The van der Waals surface area contributed by atoms with Crippen molar-refractivity contribution in [1.82, 2.24) is 15.0 Å². The van der Waals surface area contributed by atoms with Gasteiger partial charge in [-0.05, 0) is 42.0 Å². The highest BCUT2D eigenvalue weighted by Gasteiger charge is 2.11. The van der Waals surface area contributed by atoms with E-state index in [1.165, 1.54) is 17.1 Å². The molecule has 1 aromatic heterocycles. The van der Waals surface area contributed by atoms with Crippen molar-refractivity contribution in [2.75, 3.05) is 36.5 Å². The number of carbonyl (C=O) groups excluding carboxylic acids is 1. The van der Waals surface area contributed by atoms with E-state index in [0.29, 0.717) is 17.5 Å². The third-order valence-corrected chi connectivity index (χ3v) is 5.67. The van der Waals surface area contributed by atoms with E-state index in [4.69, 9.17) is 9.26 Å². The number of hydrogen-bond acceptors (Lipinski definition) is 7. The van der Waals surface area contributed by atoms with Gasteiger partial charge in [0.2, 0.25) is 11.7 Å². The van der Waals surface area contributed by atoms with E-state index in [-0.39, 0.29) is 12.5 Å². The average Bonchev–Trinajstić information content (AvgIpc) is 3.20. The second-order valence-corrected chi connectivity index (χ2v) is 8.31. The van der Waals surface area contributed by atoms with E-state index in [1.54, 1.807) is 19.1 Å². The summed E-state index contributed by atoms with van der Waals surface area (Å²) in [6, 6.07) is 15.2. The summed E-state index contributed by atoms with van der Waals surface area (Å²) in [7, 11) is 0. The Balaban J connectivity index is 1.28. The molecule has 1 amide bonds. The quantitative estimate of drug-likeness (QED) is 0.620. The number of hydrogen-bond donors (Lipinski definition) is 1. The third-order valence-electron chi connectivity index (χ3n) is 4.73. The van der Waals surface area contributed by atoms with Crippen molar-refractivity contribution in [3.05, 3.63) is 60.0 Å². The van der Waals surface area contributed by atoms with Gasteiger partial charge in [0.15, 0.2) is 6.61 Å². The topological polar surface area (TPSA) is 80.5 Å². The highest BCUT2D eigenvalue weighted by atomic mass is 32.2. The predicted octanol–water partition coefficient (Wildman–Crippen LogP) is 3.61. The Kier molecular flexibility index (Phi) is 6.66. The van der Waals surface area contributed by atoms with Crippen LogP contribution in [0.5, 0.6) is 5.75 Å². The summed E-state index contributed by atoms with van der Waals surface area (Å²) in [5.41, 5.74) is 2.82. The molecule has 0 bridgehead atoms. The summed E-state index contributed by atoms with van der Waals surface area (Å²) in [4.78, 5) is 18.9. The van der Waals surface area contributed by atoms with Crippen LogP contribution in [0.25, 0.3) is 11.4 Å². The molecule has 156 valence electrons. The molecule has 1 aliphatic heterocycles. The van der Waals surface area contributed by atoms with Gasteiger partial charge in [-0.15, -0.1) is 0 Å². The molecule has 30 heavy (non-hydrogen) atoms. The van der Waals surface area contributed by atoms with Crippen LogP contribution in [0, 0.1) is 6.92 Å². The SMILES string of the molecule is Cc1nc(-c2ccc(OCC(=O)Nc3cccc(CN4CCSCC4)c3)cc2)no1. The zero-order valence-electron chi connectivity index (χ0n) is 16.8. The molecule has 1 fully saturated rings. The molecule has 0 saturated carbocycles. The molecule has 0 atom stereocenters. The Labute approximate surface area is 179 Å². The van der Waals surface area contributed by atoms with E-state index < -0.39 is 0 Å². The van der Waals surface area contributed by atoms with E-state index in [9.17, 15) is 4.79 Å². The van der Waals surface area contributed by atoms with Gasteiger partial charge in [0, 0.05) is 49.3 Å². The number of amides is 1. The first-order valence-corrected chi connectivity index (χ1v) is 11.0. The summed E-state index contributed by atoms with van der Waals surface area (Å²) in [6.45, 7) is 4.82. The molecule has 0 aliphatic carbocycles. The number of rotatable bonds is 7. The van der Waals surface area contributed by atoms with Gasteiger partial charge in [0.25, 0.3) is 5.91 Å². The van der Waals surface area contributed by atoms with Crippen molar-refractivity contribution in [2.45, 2.75) is 13.5 Å². The summed E-state index contributed by atoms with van der Waals surface area (Å²) < 4.78 is 10.6. The number of nitrogens with one attached hydrogen (secondary N) is 1. The molecule has 1 saturated heterocycles.